The third-order valence-corrected chi connectivity index (χ3v) is 3.15. The minimum Gasteiger partial charge on any atom is -0.504 e. The van der Waals surface area contributed by atoms with Crippen LogP contribution >= 0.6 is 0 Å². The molecule has 0 saturated carbocycles. The van der Waals surface area contributed by atoms with Gasteiger partial charge in [0.15, 0.2) is 11.5 Å². The molecule has 0 aliphatic carbocycles. The number of nitrogens with two attached hydrogens (primary N) is 1. The van der Waals surface area contributed by atoms with Gasteiger partial charge in [0.1, 0.15) is 0 Å². The van der Waals surface area contributed by atoms with Gasteiger partial charge >= 0.3 is 0 Å². The molecule has 2 rings (SSSR count). The molecule has 2 aromatic carbocycles. The second-order valence-electron chi connectivity index (χ2n) is 4.54. The number of aliphatic hydroxyl groups is 1. The van der Waals surface area contributed by atoms with Crippen LogP contribution in [-0.2, 0) is 0 Å². The lowest BCUT2D eigenvalue weighted by atomic mass is 9.96. The Morgan fingerprint density at radius 2 is 1.80 bits per heavy atom. The Balaban J connectivity index is 2.24. The highest BCUT2D eigenvalue weighted by Gasteiger charge is 2.19. The van der Waals surface area contributed by atoms with Crippen molar-refractivity contribution in [3.8, 4) is 11.5 Å². The smallest absolute Gasteiger partial charge is 0.161 e. The van der Waals surface area contributed by atoms with E-state index >= 15 is 0 Å². The molecule has 0 heterocycles. The normalized spacial score (nSPS) is 13.8. The number of phenols is 1. The van der Waals surface area contributed by atoms with E-state index < -0.39 is 12.1 Å². The number of benzene rings is 2. The van der Waals surface area contributed by atoms with Crippen LogP contribution in [0.2, 0.25) is 0 Å². The topological polar surface area (TPSA) is 75.7 Å². The van der Waals surface area contributed by atoms with Crippen molar-refractivity contribution in [3.05, 3.63) is 59.7 Å². The number of hydrogen-bond acceptors (Lipinski definition) is 4. The quantitative estimate of drug-likeness (QED) is 0.782. The summed E-state index contributed by atoms with van der Waals surface area (Å²) in [5, 5.41) is 20.0. The Bertz CT molecular complexity index is 557. The summed E-state index contributed by atoms with van der Waals surface area (Å²) in [6.07, 6.45) is -0.864. The minimum absolute atomic E-state index is 0.0519. The molecule has 20 heavy (non-hydrogen) atoms. The highest BCUT2D eigenvalue weighted by Crippen LogP contribution is 2.33. The molecule has 2 aromatic rings. The lowest BCUT2D eigenvalue weighted by Gasteiger charge is -2.20. The number of aliphatic hydroxyl groups excluding tert-OH is 1. The predicted molar refractivity (Wildman–Crippen MR) is 77.6 cm³/mol. The van der Waals surface area contributed by atoms with Crippen molar-refractivity contribution in [2.75, 3.05) is 6.61 Å². The molecule has 0 aliphatic heterocycles. The molecule has 0 spiro atoms. The number of aromatic hydroxyl groups is 1. The summed E-state index contributed by atoms with van der Waals surface area (Å²) in [7, 11) is 0. The zero-order chi connectivity index (χ0) is 14.5. The first kappa shape index (κ1) is 14.4. The number of rotatable bonds is 5. The lowest BCUT2D eigenvalue weighted by molar-refractivity contribution is 0.146. The highest BCUT2D eigenvalue weighted by molar-refractivity contribution is 5.43. The molecule has 0 radical (unpaired) electrons. The zero-order valence-electron chi connectivity index (χ0n) is 11.4. The van der Waals surface area contributed by atoms with Crippen LogP contribution in [0.5, 0.6) is 11.5 Å². The first-order valence-electron chi connectivity index (χ1n) is 6.57. The first-order chi connectivity index (χ1) is 9.63. The fourth-order valence-corrected chi connectivity index (χ4v) is 2.05. The van der Waals surface area contributed by atoms with Crippen LogP contribution < -0.4 is 10.5 Å². The van der Waals surface area contributed by atoms with E-state index in [1.165, 1.54) is 6.07 Å². The molecule has 2 unspecified atom stereocenters. The van der Waals surface area contributed by atoms with Crippen LogP contribution in [0.1, 0.15) is 30.2 Å². The van der Waals surface area contributed by atoms with Crippen molar-refractivity contribution in [3.63, 3.8) is 0 Å². The van der Waals surface area contributed by atoms with Crippen LogP contribution in [0, 0.1) is 0 Å². The summed E-state index contributed by atoms with van der Waals surface area (Å²) < 4.78 is 5.31. The number of hydrogen-bond donors (Lipinski definition) is 3. The van der Waals surface area contributed by atoms with Crippen LogP contribution in [0.15, 0.2) is 48.5 Å². The highest BCUT2D eigenvalue weighted by atomic mass is 16.5. The average molecular weight is 273 g/mol. The molecular weight excluding hydrogens is 254 g/mol. The van der Waals surface area contributed by atoms with Gasteiger partial charge < -0.3 is 20.7 Å². The van der Waals surface area contributed by atoms with Gasteiger partial charge in [-0.1, -0.05) is 36.4 Å². The van der Waals surface area contributed by atoms with Gasteiger partial charge in [0.25, 0.3) is 0 Å². The van der Waals surface area contributed by atoms with E-state index in [-0.39, 0.29) is 5.75 Å². The van der Waals surface area contributed by atoms with E-state index in [4.69, 9.17) is 10.5 Å². The summed E-state index contributed by atoms with van der Waals surface area (Å²) in [5.74, 6) is 0.403. The van der Waals surface area contributed by atoms with Crippen LogP contribution in [-0.4, -0.2) is 16.8 Å². The lowest BCUT2D eigenvalue weighted by Crippen LogP contribution is -2.19. The minimum atomic E-state index is -0.864. The predicted octanol–water partition coefficient (Wildman–Crippen LogP) is 2.52. The van der Waals surface area contributed by atoms with Gasteiger partial charge in [0, 0.05) is 0 Å². The van der Waals surface area contributed by atoms with E-state index in [1.807, 2.05) is 37.3 Å². The maximum atomic E-state index is 10.4. The molecule has 4 N–H and O–H groups in total. The zero-order valence-corrected chi connectivity index (χ0v) is 11.4. The third kappa shape index (κ3) is 3.10. The summed E-state index contributed by atoms with van der Waals surface area (Å²) in [4.78, 5) is 0. The fourth-order valence-electron chi connectivity index (χ4n) is 2.05. The van der Waals surface area contributed by atoms with Gasteiger partial charge in [0.05, 0.1) is 18.8 Å². The Morgan fingerprint density at radius 3 is 2.45 bits per heavy atom. The summed E-state index contributed by atoms with van der Waals surface area (Å²) >= 11 is 0. The molecule has 4 nitrogen and oxygen atoms in total. The monoisotopic (exact) mass is 273 g/mol. The Labute approximate surface area is 118 Å². The van der Waals surface area contributed by atoms with Crippen molar-refractivity contribution in [1.82, 2.24) is 0 Å². The Hall–Kier alpha value is -2.04. The molecule has 2 atom stereocenters. The Morgan fingerprint density at radius 1 is 1.10 bits per heavy atom. The third-order valence-electron chi connectivity index (χ3n) is 3.15. The van der Waals surface area contributed by atoms with E-state index in [0.29, 0.717) is 17.9 Å². The second-order valence-corrected chi connectivity index (χ2v) is 4.54. The molecule has 0 saturated heterocycles. The maximum Gasteiger partial charge on any atom is 0.161 e. The van der Waals surface area contributed by atoms with Gasteiger partial charge in [-0.2, -0.15) is 0 Å². The van der Waals surface area contributed by atoms with E-state index in [0.717, 1.165) is 5.56 Å². The molecular formula is C16H19NO3. The van der Waals surface area contributed by atoms with Gasteiger partial charge in [-0.25, -0.2) is 0 Å². The van der Waals surface area contributed by atoms with Gasteiger partial charge in [-0.3, -0.25) is 0 Å². The molecule has 106 valence electrons. The fraction of sp³-hybridized carbons (Fsp3) is 0.250. The average Bonchev–Trinajstić information content (AvgIpc) is 2.49. The SMILES string of the molecule is CCOc1cc(C(O)C(N)c2ccccc2)ccc1O. The van der Waals surface area contributed by atoms with Crippen LogP contribution in [0.3, 0.4) is 0 Å². The van der Waals surface area contributed by atoms with E-state index in [1.54, 1.807) is 12.1 Å². The van der Waals surface area contributed by atoms with Crippen molar-refractivity contribution >= 4 is 0 Å². The second kappa shape index (κ2) is 6.41. The van der Waals surface area contributed by atoms with E-state index in [2.05, 4.69) is 0 Å². The standard InChI is InChI=1S/C16H19NO3/c1-2-20-14-10-12(8-9-13(14)18)16(19)15(17)11-6-4-3-5-7-11/h3-10,15-16,18-19H,2,17H2,1H3. The molecule has 0 bridgehead atoms. The summed E-state index contributed by atoms with van der Waals surface area (Å²) in [6, 6.07) is 13.6. The molecule has 0 aromatic heterocycles. The summed E-state index contributed by atoms with van der Waals surface area (Å²) in [6.45, 7) is 2.27. The Kier molecular flexibility index (Phi) is 4.61. The number of ether oxygens (including phenoxy) is 1. The van der Waals surface area contributed by atoms with Gasteiger partial charge in [-0.15, -0.1) is 0 Å². The van der Waals surface area contributed by atoms with Crippen molar-refractivity contribution in [1.29, 1.82) is 0 Å². The molecule has 0 aliphatic rings. The van der Waals surface area contributed by atoms with Crippen molar-refractivity contribution in [2.24, 2.45) is 5.73 Å². The first-order valence-corrected chi connectivity index (χ1v) is 6.57. The van der Waals surface area contributed by atoms with Crippen molar-refractivity contribution < 1.29 is 14.9 Å². The van der Waals surface area contributed by atoms with Gasteiger partial charge in [0.2, 0.25) is 0 Å². The van der Waals surface area contributed by atoms with Crippen LogP contribution in [0.25, 0.3) is 0 Å². The summed E-state index contributed by atoms with van der Waals surface area (Å²) in [5.41, 5.74) is 7.55. The van der Waals surface area contributed by atoms with Gasteiger partial charge in [-0.05, 0) is 30.2 Å². The number of phenolic OH excluding ortho intramolecular Hbond substituents is 1. The molecule has 0 amide bonds. The molecule has 4 heteroatoms. The van der Waals surface area contributed by atoms with E-state index in [9.17, 15) is 10.2 Å². The van der Waals surface area contributed by atoms with Crippen molar-refractivity contribution in [2.45, 2.75) is 19.1 Å². The largest absolute Gasteiger partial charge is 0.504 e. The van der Waals surface area contributed by atoms with Crippen LogP contribution in [0.4, 0.5) is 0 Å². The molecule has 0 fully saturated rings. The maximum absolute atomic E-state index is 10.4.